The molecule has 0 saturated carbocycles. The van der Waals surface area contributed by atoms with Crippen molar-refractivity contribution in [3.05, 3.63) is 57.6 Å². The first-order valence-electron chi connectivity index (χ1n) is 7.54. The largest absolute Gasteiger partial charge is 0.481 e. The van der Waals surface area contributed by atoms with Gasteiger partial charge in [0.05, 0.1) is 41.1 Å². The van der Waals surface area contributed by atoms with Gasteiger partial charge in [-0.1, -0.05) is 29.3 Å². The van der Waals surface area contributed by atoms with Crippen molar-refractivity contribution >= 4 is 46.7 Å². The number of hydrogen-bond donors (Lipinski definition) is 1. The lowest BCUT2D eigenvalue weighted by Gasteiger charge is -2.13. The number of halogens is 2. The number of amides is 1. The monoisotopic (exact) mass is 411 g/mol. The minimum absolute atomic E-state index is 0.0641. The summed E-state index contributed by atoms with van der Waals surface area (Å²) in [4.78, 5) is 35.8. The molecule has 1 amide bonds. The Balaban J connectivity index is 2.19. The molecule has 2 aromatic carbocycles. The number of methoxy groups -OCH3 is 2. The number of nitrogens with one attached hydrogen (secondary N) is 1. The third kappa shape index (κ3) is 5.12. The van der Waals surface area contributed by atoms with Gasteiger partial charge in [0, 0.05) is 0 Å². The molecule has 0 aliphatic carbocycles. The zero-order valence-electron chi connectivity index (χ0n) is 14.4. The Morgan fingerprint density at radius 1 is 0.963 bits per heavy atom. The number of carbonyl (C=O) groups is 3. The third-order valence-corrected chi connectivity index (χ3v) is 3.98. The van der Waals surface area contributed by atoms with Crippen LogP contribution in [0, 0.1) is 0 Å². The summed E-state index contributed by atoms with van der Waals surface area (Å²) in [6, 6.07) is 8.80. The number of hydrogen-bond acceptors (Lipinski definition) is 6. The first-order chi connectivity index (χ1) is 12.9. The molecule has 27 heavy (non-hydrogen) atoms. The number of benzene rings is 2. The summed E-state index contributed by atoms with van der Waals surface area (Å²) >= 11 is 12.0. The van der Waals surface area contributed by atoms with E-state index in [1.807, 2.05) is 0 Å². The van der Waals surface area contributed by atoms with E-state index in [0.29, 0.717) is 0 Å². The van der Waals surface area contributed by atoms with Crippen LogP contribution in [-0.4, -0.2) is 38.7 Å². The van der Waals surface area contributed by atoms with E-state index in [0.717, 1.165) is 0 Å². The molecule has 0 aliphatic heterocycles. The van der Waals surface area contributed by atoms with Crippen LogP contribution < -0.4 is 10.1 Å². The Hall–Kier alpha value is -2.77. The zero-order valence-corrected chi connectivity index (χ0v) is 15.9. The Labute approximate surface area is 165 Å². The standard InChI is InChI=1S/C18H15Cl2NO6/c1-25-17(23)10-6-7-11(18(24)26-2)14(8-10)21-15(22)9-27-16-12(19)4-3-5-13(16)20/h3-8H,9H2,1-2H3,(H,21,22). The van der Waals surface area contributed by atoms with Crippen molar-refractivity contribution in [2.24, 2.45) is 0 Å². The fourth-order valence-corrected chi connectivity index (χ4v) is 2.63. The lowest BCUT2D eigenvalue weighted by Crippen LogP contribution is -2.22. The molecule has 0 atom stereocenters. The van der Waals surface area contributed by atoms with Gasteiger partial charge in [-0.15, -0.1) is 0 Å². The van der Waals surface area contributed by atoms with Crippen molar-refractivity contribution in [3.63, 3.8) is 0 Å². The number of anilines is 1. The van der Waals surface area contributed by atoms with Gasteiger partial charge in [-0.05, 0) is 30.3 Å². The SMILES string of the molecule is COC(=O)c1ccc(C(=O)OC)c(NC(=O)COc2c(Cl)cccc2Cl)c1. The van der Waals surface area contributed by atoms with Crippen molar-refractivity contribution in [1.29, 1.82) is 0 Å². The van der Waals surface area contributed by atoms with Gasteiger partial charge in [0.25, 0.3) is 5.91 Å². The lowest BCUT2D eigenvalue weighted by atomic mass is 10.1. The van der Waals surface area contributed by atoms with Crippen molar-refractivity contribution in [3.8, 4) is 5.75 Å². The average Bonchev–Trinajstić information content (AvgIpc) is 2.66. The summed E-state index contributed by atoms with van der Waals surface area (Å²) in [6.07, 6.45) is 0. The number of ether oxygens (including phenoxy) is 3. The first kappa shape index (κ1) is 20.5. The van der Waals surface area contributed by atoms with E-state index in [-0.39, 0.29) is 32.6 Å². The van der Waals surface area contributed by atoms with Gasteiger partial charge >= 0.3 is 11.9 Å². The average molecular weight is 412 g/mol. The van der Waals surface area contributed by atoms with Gasteiger partial charge in [-0.2, -0.15) is 0 Å². The van der Waals surface area contributed by atoms with Gasteiger partial charge < -0.3 is 19.5 Å². The Morgan fingerprint density at radius 2 is 1.59 bits per heavy atom. The van der Waals surface area contributed by atoms with Gasteiger partial charge in [-0.3, -0.25) is 4.79 Å². The molecule has 142 valence electrons. The second-order valence-electron chi connectivity index (χ2n) is 5.13. The number of esters is 2. The van der Waals surface area contributed by atoms with Crippen LogP contribution in [0.1, 0.15) is 20.7 Å². The van der Waals surface area contributed by atoms with Crippen LogP contribution in [0.3, 0.4) is 0 Å². The Bertz CT molecular complexity index is 864. The predicted molar refractivity (Wildman–Crippen MR) is 99.7 cm³/mol. The summed E-state index contributed by atoms with van der Waals surface area (Å²) in [5.74, 6) is -1.75. The topological polar surface area (TPSA) is 90.9 Å². The molecule has 0 saturated heterocycles. The maximum absolute atomic E-state index is 12.2. The highest BCUT2D eigenvalue weighted by molar-refractivity contribution is 6.37. The van der Waals surface area contributed by atoms with Gasteiger partial charge in [0.2, 0.25) is 0 Å². The highest BCUT2D eigenvalue weighted by Crippen LogP contribution is 2.32. The Kier molecular flexibility index (Phi) is 7.04. The van der Waals surface area contributed by atoms with E-state index < -0.39 is 24.5 Å². The van der Waals surface area contributed by atoms with Gasteiger partial charge in [0.1, 0.15) is 0 Å². The van der Waals surface area contributed by atoms with Crippen LogP contribution >= 0.6 is 23.2 Å². The van der Waals surface area contributed by atoms with E-state index in [4.69, 9.17) is 27.9 Å². The van der Waals surface area contributed by atoms with E-state index in [1.54, 1.807) is 18.2 Å². The van der Waals surface area contributed by atoms with E-state index in [1.165, 1.54) is 32.4 Å². The highest BCUT2D eigenvalue weighted by atomic mass is 35.5. The molecule has 1 N–H and O–H groups in total. The second-order valence-corrected chi connectivity index (χ2v) is 5.95. The van der Waals surface area contributed by atoms with Crippen LogP contribution in [0.15, 0.2) is 36.4 Å². The third-order valence-electron chi connectivity index (χ3n) is 3.39. The first-order valence-corrected chi connectivity index (χ1v) is 8.30. The predicted octanol–water partition coefficient (Wildman–Crippen LogP) is 3.58. The Morgan fingerprint density at radius 3 is 2.19 bits per heavy atom. The number of carbonyl (C=O) groups excluding carboxylic acids is 3. The molecular weight excluding hydrogens is 397 g/mol. The van der Waals surface area contributed by atoms with Crippen molar-refractivity contribution in [2.45, 2.75) is 0 Å². The quantitative estimate of drug-likeness (QED) is 0.730. The van der Waals surface area contributed by atoms with Gasteiger partial charge in [-0.25, -0.2) is 9.59 Å². The van der Waals surface area contributed by atoms with Gasteiger partial charge in [0.15, 0.2) is 12.4 Å². The summed E-state index contributed by atoms with van der Waals surface area (Å²) in [6.45, 7) is -0.424. The summed E-state index contributed by atoms with van der Waals surface area (Å²) in [5.41, 5.74) is 0.286. The molecule has 0 aliphatic rings. The zero-order chi connectivity index (χ0) is 20.0. The fourth-order valence-electron chi connectivity index (χ4n) is 2.12. The lowest BCUT2D eigenvalue weighted by molar-refractivity contribution is -0.118. The van der Waals surface area contributed by atoms with Crippen LogP contribution in [-0.2, 0) is 14.3 Å². The molecule has 0 fully saturated rings. The highest BCUT2D eigenvalue weighted by Gasteiger charge is 2.18. The number of para-hydroxylation sites is 1. The molecule has 0 bridgehead atoms. The van der Waals surface area contributed by atoms with Crippen molar-refractivity contribution in [1.82, 2.24) is 0 Å². The minimum atomic E-state index is -0.684. The normalized spacial score (nSPS) is 10.1. The van der Waals surface area contributed by atoms with Crippen molar-refractivity contribution in [2.75, 3.05) is 26.1 Å². The fraction of sp³-hybridized carbons (Fsp3) is 0.167. The summed E-state index contributed by atoms with van der Waals surface area (Å²) in [7, 11) is 2.42. The molecule has 7 nitrogen and oxygen atoms in total. The van der Waals surface area contributed by atoms with Crippen LogP contribution in [0.2, 0.25) is 10.0 Å². The molecular formula is C18H15Cl2NO6. The maximum atomic E-state index is 12.2. The molecule has 2 aromatic rings. The van der Waals surface area contributed by atoms with E-state index in [2.05, 4.69) is 14.8 Å². The van der Waals surface area contributed by atoms with E-state index >= 15 is 0 Å². The molecule has 0 unspecified atom stereocenters. The smallest absolute Gasteiger partial charge is 0.339 e. The molecule has 0 radical (unpaired) electrons. The maximum Gasteiger partial charge on any atom is 0.339 e. The number of rotatable bonds is 6. The van der Waals surface area contributed by atoms with Crippen LogP contribution in [0.4, 0.5) is 5.69 Å². The van der Waals surface area contributed by atoms with Crippen LogP contribution in [0.5, 0.6) is 5.75 Å². The molecule has 0 aromatic heterocycles. The summed E-state index contributed by atoms with van der Waals surface area (Å²) in [5, 5.41) is 2.99. The molecule has 9 heteroatoms. The minimum Gasteiger partial charge on any atom is -0.481 e. The van der Waals surface area contributed by atoms with Crippen molar-refractivity contribution < 1.29 is 28.6 Å². The molecule has 0 heterocycles. The van der Waals surface area contributed by atoms with Crippen LogP contribution in [0.25, 0.3) is 0 Å². The molecule has 2 rings (SSSR count). The van der Waals surface area contributed by atoms with E-state index in [9.17, 15) is 14.4 Å². The second kappa shape index (κ2) is 9.25. The summed E-state index contributed by atoms with van der Waals surface area (Å²) < 4.78 is 14.6. The molecule has 0 spiro atoms.